The van der Waals surface area contributed by atoms with Crippen LogP contribution in [0.4, 0.5) is 0 Å². The molecule has 1 aliphatic rings. The minimum absolute atomic E-state index is 0.0243. The van der Waals surface area contributed by atoms with Crippen molar-refractivity contribution in [1.82, 2.24) is 10.2 Å². The third kappa shape index (κ3) is 2.39. The predicted octanol–water partition coefficient (Wildman–Crippen LogP) is 0.00678. The summed E-state index contributed by atoms with van der Waals surface area (Å²) in [6.45, 7) is 0.737. The number of hydrogen-bond donors (Lipinski definition) is 1. The molecule has 1 rings (SSSR count). The number of amides is 1. The molecule has 1 aliphatic heterocycles. The molecule has 1 atom stereocenters. The Balaban J connectivity index is 2.66. The van der Waals surface area contributed by atoms with Crippen molar-refractivity contribution in [3.8, 4) is 6.19 Å². The monoisotopic (exact) mass is 212 g/mol. The molecule has 0 spiro atoms. The van der Waals surface area contributed by atoms with E-state index in [1.165, 1.54) is 11.8 Å². The van der Waals surface area contributed by atoms with Gasteiger partial charge in [0.05, 0.1) is 0 Å². The van der Waals surface area contributed by atoms with Crippen molar-refractivity contribution < 1.29 is 4.79 Å². The second kappa shape index (κ2) is 4.86. The SMILES string of the molecule is CSC(=NC1CCN(C)C1=O)NC#N. The van der Waals surface area contributed by atoms with Crippen LogP contribution in [-0.4, -0.2) is 41.9 Å². The third-order valence-electron chi connectivity index (χ3n) is 2.03. The molecule has 14 heavy (non-hydrogen) atoms. The van der Waals surface area contributed by atoms with E-state index in [2.05, 4.69) is 10.3 Å². The molecule has 0 aromatic rings. The molecule has 0 bridgehead atoms. The summed E-state index contributed by atoms with van der Waals surface area (Å²) < 4.78 is 0. The topological polar surface area (TPSA) is 68.5 Å². The van der Waals surface area contributed by atoms with E-state index in [1.807, 2.05) is 6.26 Å². The molecule has 0 radical (unpaired) electrons. The highest BCUT2D eigenvalue weighted by molar-refractivity contribution is 8.13. The summed E-state index contributed by atoms with van der Waals surface area (Å²) in [6, 6.07) is -0.316. The van der Waals surface area contributed by atoms with Crippen molar-refractivity contribution in [2.45, 2.75) is 12.5 Å². The van der Waals surface area contributed by atoms with E-state index in [4.69, 9.17) is 5.26 Å². The summed E-state index contributed by atoms with van der Waals surface area (Å²) in [4.78, 5) is 17.3. The number of nitrogens with one attached hydrogen (secondary N) is 1. The van der Waals surface area contributed by atoms with E-state index in [0.717, 1.165) is 13.0 Å². The van der Waals surface area contributed by atoms with Crippen LogP contribution in [0.3, 0.4) is 0 Å². The maximum absolute atomic E-state index is 11.5. The zero-order valence-corrected chi connectivity index (χ0v) is 8.97. The van der Waals surface area contributed by atoms with Crippen LogP contribution in [0.25, 0.3) is 0 Å². The van der Waals surface area contributed by atoms with Gasteiger partial charge in [0.15, 0.2) is 11.4 Å². The molecular formula is C8H12N4OS. The molecule has 0 aliphatic carbocycles. The van der Waals surface area contributed by atoms with Gasteiger partial charge < -0.3 is 4.90 Å². The summed E-state index contributed by atoms with van der Waals surface area (Å²) in [5.41, 5.74) is 0. The number of aliphatic imine (C=N–C) groups is 1. The maximum atomic E-state index is 11.5. The van der Waals surface area contributed by atoms with Crippen LogP contribution >= 0.6 is 11.8 Å². The smallest absolute Gasteiger partial charge is 0.247 e. The Morgan fingerprint density at radius 2 is 2.57 bits per heavy atom. The highest BCUT2D eigenvalue weighted by atomic mass is 32.2. The maximum Gasteiger partial charge on any atom is 0.247 e. The molecule has 1 N–H and O–H groups in total. The summed E-state index contributed by atoms with van der Waals surface area (Å²) in [5.74, 6) is 0.0243. The van der Waals surface area contributed by atoms with Crippen molar-refractivity contribution >= 4 is 22.8 Å². The van der Waals surface area contributed by atoms with Gasteiger partial charge in [0, 0.05) is 13.6 Å². The first-order valence-corrected chi connectivity index (χ1v) is 5.43. The first-order chi connectivity index (χ1) is 6.69. The van der Waals surface area contributed by atoms with Gasteiger partial charge in [0.2, 0.25) is 5.91 Å². The summed E-state index contributed by atoms with van der Waals surface area (Å²) in [5, 5.41) is 11.4. The first kappa shape index (κ1) is 10.9. The zero-order valence-electron chi connectivity index (χ0n) is 8.15. The third-order valence-corrected chi connectivity index (χ3v) is 2.62. The van der Waals surface area contributed by atoms with Crippen LogP contribution in [-0.2, 0) is 4.79 Å². The molecule has 1 saturated heterocycles. The Labute approximate surface area is 87.2 Å². The van der Waals surface area contributed by atoms with Gasteiger partial charge in [-0.3, -0.25) is 10.1 Å². The highest BCUT2D eigenvalue weighted by Gasteiger charge is 2.28. The number of nitrogens with zero attached hydrogens (tertiary/aromatic N) is 3. The number of rotatable bonds is 1. The Morgan fingerprint density at radius 3 is 3.00 bits per heavy atom. The molecular weight excluding hydrogens is 200 g/mol. The highest BCUT2D eigenvalue weighted by Crippen LogP contribution is 2.13. The molecule has 5 nitrogen and oxygen atoms in total. The Morgan fingerprint density at radius 1 is 1.86 bits per heavy atom. The van der Waals surface area contributed by atoms with Gasteiger partial charge in [-0.05, 0) is 12.7 Å². The van der Waals surface area contributed by atoms with Gasteiger partial charge in [-0.15, -0.1) is 0 Å². The standard InChI is InChI=1S/C8H12N4OS/c1-12-4-3-6(7(12)13)11-8(14-2)10-5-9/h6H,3-4H2,1-2H3,(H,10,11). The molecule has 1 amide bonds. The van der Waals surface area contributed by atoms with Crippen LogP contribution in [0.5, 0.6) is 0 Å². The van der Waals surface area contributed by atoms with Gasteiger partial charge in [-0.1, -0.05) is 11.8 Å². The Bertz CT molecular complexity index is 296. The lowest BCUT2D eigenvalue weighted by Gasteiger charge is -2.07. The first-order valence-electron chi connectivity index (χ1n) is 4.21. The average Bonchev–Trinajstić information content (AvgIpc) is 2.49. The van der Waals surface area contributed by atoms with Gasteiger partial charge in [0.1, 0.15) is 6.04 Å². The fraction of sp³-hybridized carbons (Fsp3) is 0.625. The molecule has 1 heterocycles. The number of amidine groups is 1. The van der Waals surface area contributed by atoms with Crippen molar-refractivity contribution in [2.75, 3.05) is 19.8 Å². The number of carbonyl (C=O) groups excluding carboxylic acids is 1. The van der Waals surface area contributed by atoms with Crippen LogP contribution in [0.2, 0.25) is 0 Å². The molecule has 6 heteroatoms. The lowest BCUT2D eigenvalue weighted by atomic mass is 10.3. The van der Waals surface area contributed by atoms with Crippen LogP contribution in [0.1, 0.15) is 6.42 Å². The van der Waals surface area contributed by atoms with Gasteiger partial charge in [0.25, 0.3) is 0 Å². The van der Waals surface area contributed by atoms with Crippen LogP contribution in [0, 0.1) is 11.5 Å². The van der Waals surface area contributed by atoms with Crippen LogP contribution < -0.4 is 5.32 Å². The Hall–Kier alpha value is -1.22. The normalized spacial score (nSPS) is 22.4. The van der Waals surface area contributed by atoms with Gasteiger partial charge >= 0.3 is 0 Å². The average molecular weight is 212 g/mol. The number of likely N-dealkylation sites (tertiary alicyclic amines) is 1. The molecule has 0 saturated carbocycles. The number of thioether (sulfide) groups is 1. The summed E-state index contributed by atoms with van der Waals surface area (Å²) >= 11 is 1.33. The van der Waals surface area contributed by atoms with E-state index >= 15 is 0 Å². The lowest BCUT2D eigenvalue weighted by Crippen LogP contribution is -2.26. The molecule has 0 aromatic carbocycles. The predicted molar refractivity (Wildman–Crippen MR) is 55.7 cm³/mol. The fourth-order valence-corrected chi connectivity index (χ4v) is 1.63. The van der Waals surface area contributed by atoms with E-state index in [0.29, 0.717) is 5.17 Å². The van der Waals surface area contributed by atoms with E-state index in [1.54, 1.807) is 18.1 Å². The molecule has 1 fully saturated rings. The number of hydrogen-bond acceptors (Lipinski definition) is 4. The summed E-state index contributed by atoms with van der Waals surface area (Å²) in [6.07, 6.45) is 4.33. The van der Waals surface area contributed by atoms with Crippen molar-refractivity contribution in [3.05, 3.63) is 0 Å². The van der Waals surface area contributed by atoms with Crippen molar-refractivity contribution in [3.63, 3.8) is 0 Å². The summed E-state index contributed by atoms with van der Waals surface area (Å²) in [7, 11) is 1.76. The van der Waals surface area contributed by atoms with E-state index < -0.39 is 0 Å². The fourth-order valence-electron chi connectivity index (χ4n) is 1.25. The number of nitriles is 1. The molecule has 0 aromatic heterocycles. The number of likely N-dealkylation sites (N-methyl/N-ethyl adjacent to an activating group) is 1. The minimum atomic E-state index is -0.316. The van der Waals surface area contributed by atoms with Crippen molar-refractivity contribution in [2.24, 2.45) is 4.99 Å². The second-order valence-electron chi connectivity index (χ2n) is 2.94. The second-order valence-corrected chi connectivity index (χ2v) is 3.73. The quantitative estimate of drug-likeness (QED) is 0.288. The van der Waals surface area contributed by atoms with E-state index in [9.17, 15) is 4.79 Å². The minimum Gasteiger partial charge on any atom is -0.344 e. The largest absolute Gasteiger partial charge is 0.344 e. The van der Waals surface area contributed by atoms with Crippen molar-refractivity contribution in [1.29, 1.82) is 5.26 Å². The van der Waals surface area contributed by atoms with Crippen LogP contribution in [0.15, 0.2) is 4.99 Å². The number of carbonyl (C=O) groups is 1. The van der Waals surface area contributed by atoms with Gasteiger partial charge in [-0.2, -0.15) is 5.26 Å². The molecule has 76 valence electrons. The van der Waals surface area contributed by atoms with Gasteiger partial charge in [-0.25, -0.2) is 4.99 Å². The molecule has 1 unspecified atom stereocenters. The van der Waals surface area contributed by atoms with E-state index in [-0.39, 0.29) is 11.9 Å². The Kier molecular flexibility index (Phi) is 3.77. The lowest BCUT2D eigenvalue weighted by molar-refractivity contribution is -0.127. The zero-order chi connectivity index (χ0) is 10.6.